The van der Waals surface area contributed by atoms with Crippen LogP contribution in [0.5, 0.6) is 23.0 Å². The number of ether oxygens (including phenoxy) is 4. The molecule has 0 fully saturated rings. The third-order valence-electron chi connectivity index (χ3n) is 3.63. The molecular weight excluding hydrogens is 308 g/mol. The summed E-state index contributed by atoms with van der Waals surface area (Å²) in [6.45, 7) is -0.0744. The molecule has 0 aliphatic carbocycles. The SMILES string of the molecule is COc1ccc(/C=C\c2cc(OC)c(OC)c(OC)c2)cc1CO. The molecule has 0 bridgehead atoms. The van der Waals surface area contributed by atoms with Crippen molar-refractivity contribution in [2.45, 2.75) is 6.61 Å². The highest BCUT2D eigenvalue weighted by Crippen LogP contribution is 2.38. The van der Waals surface area contributed by atoms with E-state index in [1.807, 2.05) is 42.5 Å². The highest BCUT2D eigenvalue weighted by Gasteiger charge is 2.12. The summed E-state index contributed by atoms with van der Waals surface area (Å²) in [6.07, 6.45) is 3.88. The first-order valence-electron chi connectivity index (χ1n) is 7.42. The summed E-state index contributed by atoms with van der Waals surface area (Å²) in [4.78, 5) is 0. The standard InChI is InChI=1S/C19H22O5/c1-21-16-8-7-13(9-15(16)12-20)5-6-14-10-17(22-2)19(24-4)18(11-14)23-3/h5-11,20H,12H2,1-4H3/b6-5-. The van der Waals surface area contributed by atoms with Crippen LogP contribution in [0.1, 0.15) is 16.7 Å². The minimum Gasteiger partial charge on any atom is -0.496 e. The van der Waals surface area contributed by atoms with Gasteiger partial charge in [0.15, 0.2) is 11.5 Å². The summed E-state index contributed by atoms with van der Waals surface area (Å²) in [6, 6.07) is 9.38. The fourth-order valence-electron chi connectivity index (χ4n) is 2.42. The van der Waals surface area contributed by atoms with Crippen molar-refractivity contribution < 1.29 is 24.1 Å². The second-order valence-electron chi connectivity index (χ2n) is 5.02. The maximum atomic E-state index is 9.40. The topological polar surface area (TPSA) is 57.2 Å². The molecule has 0 aromatic heterocycles. The molecule has 1 N–H and O–H groups in total. The Morgan fingerprint density at radius 3 is 1.83 bits per heavy atom. The summed E-state index contributed by atoms with van der Waals surface area (Å²) < 4.78 is 21.2. The molecule has 0 aliphatic rings. The first-order valence-corrected chi connectivity index (χ1v) is 7.42. The Bertz CT molecular complexity index is 697. The van der Waals surface area contributed by atoms with Crippen molar-refractivity contribution in [1.82, 2.24) is 0 Å². The second kappa shape index (κ2) is 8.26. The van der Waals surface area contributed by atoms with Crippen molar-refractivity contribution in [3.63, 3.8) is 0 Å². The minimum atomic E-state index is -0.0744. The molecule has 2 rings (SSSR count). The lowest BCUT2D eigenvalue weighted by atomic mass is 10.1. The van der Waals surface area contributed by atoms with Crippen molar-refractivity contribution in [2.24, 2.45) is 0 Å². The lowest BCUT2D eigenvalue weighted by molar-refractivity contribution is 0.274. The van der Waals surface area contributed by atoms with E-state index in [4.69, 9.17) is 18.9 Å². The number of aliphatic hydroxyl groups is 1. The number of hydrogen-bond donors (Lipinski definition) is 1. The van der Waals surface area contributed by atoms with Gasteiger partial charge < -0.3 is 24.1 Å². The third-order valence-corrected chi connectivity index (χ3v) is 3.63. The fourth-order valence-corrected chi connectivity index (χ4v) is 2.42. The van der Waals surface area contributed by atoms with Crippen LogP contribution in [0.25, 0.3) is 12.2 Å². The maximum absolute atomic E-state index is 9.40. The van der Waals surface area contributed by atoms with Crippen LogP contribution in [0.4, 0.5) is 0 Å². The van der Waals surface area contributed by atoms with Gasteiger partial charge in [-0.3, -0.25) is 0 Å². The van der Waals surface area contributed by atoms with Crippen LogP contribution in [0, 0.1) is 0 Å². The second-order valence-corrected chi connectivity index (χ2v) is 5.02. The highest BCUT2D eigenvalue weighted by molar-refractivity contribution is 5.73. The van der Waals surface area contributed by atoms with Gasteiger partial charge in [0.25, 0.3) is 0 Å². The van der Waals surface area contributed by atoms with Crippen LogP contribution in [-0.2, 0) is 6.61 Å². The van der Waals surface area contributed by atoms with E-state index in [0.29, 0.717) is 23.0 Å². The summed E-state index contributed by atoms with van der Waals surface area (Å²) in [5.74, 6) is 2.43. The van der Waals surface area contributed by atoms with Crippen molar-refractivity contribution in [3.8, 4) is 23.0 Å². The molecule has 0 unspecified atom stereocenters. The molecule has 0 spiro atoms. The van der Waals surface area contributed by atoms with Gasteiger partial charge in [-0.05, 0) is 35.4 Å². The largest absolute Gasteiger partial charge is 0.496 e. The molecule has 0 atom stereocenters. The molecule has 0 amide bonds. The van der Waals surface area contributed by atoms with E-state index in [0.717, 1.165) is 16.7 Å². The number of aliphatic hydroxyl groups excluding tert-OH is 1. The molecule has 5 heteroatoms. The maximum Gasteiger partial charge on any atom is 0.203 e. The van der Waals surface area contributed by atoms with E-state index in [9.17, 15) is 5.11 Å². The molecule has 0 aliphatic heterocycles. The zero-order valence-electron chi connectivity index (χ0n) is 14.3. The smallest absolute Gasteiger partial charge is 0.203 e. The van der Waals surface area contributed by atoms with Gasteiger partial charge in [-0.25, -0.2) is 0 Å². The fraction of sp³-hybridized carbons (Fsp3) is 0.263. The molecule has 0 heterocycles. The summed E-state index contributed by atoms with van der Waals surface area (Å²) in [5.41, 5.74) is 2.60. The van der Waals surface area contributed by atoms with Gasteiger partial charge in [0.2, 0.25) is 5.75 Å². The number of rotatable bonds is 7. The zero-order chi connectivity index (χ0) is 17.5. The van der Waals surface area contributed by atoms with Crippen molar-refractivity contribution in [1.29, 1.82) is 0 Å². The summed E-state index contributed by atoms with van der Waals surface area (Å²) in [5, 5.41) is 9.40. The number of hydrogen-bond acceptors (Lipinski definition) is 5. The molecule has 0 saturated carbocycles. The Hall–Kier alpha value is -2.66. The Kier molecular flexibility index (Phi) is 6.09. The molecule has 0 saturated heterocycles. The van der Waals surface area contributed by atoms with Gasteiger partial charge in [0.1, 0.15) is 5.75 Å². The van der Waals surface area contributed by atoms with Gasteiger partial charge in [0.05, 0.1) is 35.0 Å². The molecule has 2 aromatic rings. The summed E-state index contributed by atoms with van der Waals surface area (Å²) >= 11 is 0. The molecule has 0 radical (unpaired) electrons. The lowest BCUT2D eigenvalue weighted by Crippen LogP contribution is -1.95. The van der Waals surface area contributed by atoms with Crippen molar-refractivity contribution >= 4 is 12.2 Å². The number of methoxy groups -OCH3 is 4. The number of benzene rings is 2. The quantitative estimate of drug-likeness (QED) is 0.789. The highest BCUT2D eigenvalue weighted by atomic mass is 16.5. The van der Waals surface area contributed by atoms with Crippen molar-refractivity contribution in [3.05, 3.63) is 47.0 Å². The van der Waals surface area contributed by atoms with Gasteiger partial charge in [0, 0.05) is 5.56 Å². The molecule has 2 aromatic carbocycles. The van der Waals surface area contributed by atoms with E-state index < -0.39 is 0 Å². The van der Waals surface area contributed by atoms with E-state index >= 15 is 0 Å². The lowest BCUT2D eigenvalue weighted by Gasteiger charge is -2.12. The Balaban J connectivity index is 2.35. The van der Waals surface area contributed by atoms with E-state index in [1.54, 1.807) is 28.4 Å². The van der Waals surface area contributed by atoms with Crippen molar-refractivity contribution in [2.75, 3.05) is 28.4 Å². The van der Waals surface area contributed by atoms with Crippen LogP contribution in [-0.4, -0.2) is 33.5 Å². The zero-order valence-corrected chi connectivity index (χ0v) is 14.3. The normalized spacial score (nSPS) is 10.7. The van der Waals surface area contributed by atoms with E-state index in [1.165, 1.54) is 0 Å². The Labute approximate surface area is 142 Å². The van der Waals surface area contributed by atoms with E-state index in [2.05, 4.69) is 0 Å². The molecule has 5 nitrogen and oxygen atoms in total. The Morgan fingerprint density at radius 2 is 1.33 bits per heavy atom. The minimum absolute atomic E-state index is 0.0744. The average Bonchev–Trinajstić information content (AvgIpc) is 2.64. The predicted molar refractivity (Wildman–Crippen MR) is 93.9 cm³/mol. The van der Waals surface area contributed by atoms with Crippen LogP contribution < -0.4 is 18.9 Å². The van der Waals surface area contributed by atoms with Crippen LogP contribution >= 0.6 is 0 Å². The third kappa shape index (κ3) is 3.81. The van der Waals surface area contributed by atoms with Gasteiger partial charge in [-0.15, -0.1) is 0 Å². The van der Waals surface area contributed by atoms with Gasteiger partial charge in [-0.1, -0.05) is 18.2 Å². The predicted octanol–water partition coefficient (Wildman–Crippen LogP) is 3.38. The average molecular weight is 330 g/mol. The Morgan fingerprint density at radius 1 is 0.750 bits per heavy atom. The summed E-state index contributed by atoms with van der Waals surface area (Å²) in [7, 11) is 6.33. The van der Waals surface area contributed by atoms with Gasteiger partial charge >= 0.3 is 0 Å². The first kappa shape index (κ1) is 17.7. The van der Waals surface area contributed by atoms with Crippen LogP contribution in [0.15, 0.2) is 30.3 Å². The monoisotopic (exact) mass is 330 g/mol. The molecule has 128 valence electrons. The molecular formula is C19H22O5. The van der Waals surface area contributed by atoms with E-state index in [-0.39, 0.29) is 6.61 Å². The van der Waals surface area contributed by atoms with Crippen LogP contribution in [0.3, 0.4) is 0 Å². The van der Waals surface area contributed by atoms with Crippen LogP contribution in [0.2, 0.25) is 0 Å². The first-order chi connectivity index (χ1) is 11.7. The molecule has 24 heavy (non-hydrogen) atoms. The van der Waals surface area contributed by atoms with Gasteiger partial charge in [-0.2, -0.15) is 0 Å².